The fourth-order valence-electron chi connectivity index (χ4n) is 4.99. The van der Waals surface area contributed by atoms with E-state index in [2.05, 4.69) is 23.8 Å². The minimum absolute atomic E-state index is 0.0886. The molecule has 0 N–H and O–H groups in total. The molecule has 0 saturated heterocycles. The third-order valence-electron chi connectivity index (χ3n) is 7.04. The standard InChI is InChI=1S/C28H41FN2/c1-3-5-7-8-9-10-12-23-20-30-28(31-21-23)25-17-18-26(27(29)19-25)24-15-13-22(14-16-24)11-6-4-2/h17-22,24H,3-16H2,1-2H3. The summed E-state index contributed by atoms with van der Waals surface area (Å²) in [6, 6.07) is 5.63. The number of aryl methyl sites for hydroxylation is 1. The average Bonchev–Trinajstić information content (AvgIpc) is 2.81. The fraction of sp³-hybridized carbons (Fsp3) is 0.643. The van der Waals surface area contributed by atoms with Crippen LogP contribution in [0.4, 0.5) is 4.39 Å². The molecule has 1 aliphatic rings. The van der Waals surface area contributed by atoms with Crippen LogP contribution < -0.4 is 0 Å². The van der Waals surface area contributed by atoms with Gasteiger partial charge in [0.25, 0.3) is 0 Å². The average molecular weight is 425 g/mol. The summed E-state index contributed by atoms with van der Waals surface area (Å²) in [6.07, 6.45) is 21.3. The second kappa shape index (κ2) is 12.9. The molecule has 0 atom stereocenters. The van der Waals surface area contributed by atoms with E-state index in [-0.39, 0.29) is 5.82 Å². The molecule has 1 heterocycles. The molecular formula is C28H41FN2. The lowest BCUT2D eigenvalue weighted by Gasteiger charge is -2.29. The van der Waals surface area contributed by atoms with Gasteiger partial charge in [-0.15, -0.1) is 0 Å². The van der Waals surface area contributed by atoms with Gasteiger partial charge in [0.1, 0.15) is 5.82 Å². The number of benzene rings is 1. The molecule has 1 fully saturated rings. The molecule has 2 aromatic rings. The summed E-state index contributed by atoms with van der Waals surface area (Å²) in [6.45, 7) is 4.51. The second-order valence-electron chi connectivity index (χ2n) is 9.53. The van der Waals surface area contributed by atoms with Crippen molar-refractivity contribution in [2.45, 2.75) is 110 Å². The number of unbranched alkanes of at least 4 members (excludes halogenated alkanes) is 6. The predicted molar refractivity (Wildman–Crippen MR) is 129 cm³/mol. The molecule has 1 aromatic heterocycles. The number of hydrogen-bond acceptors (Lipinski definition) is 2. The van der Waals surface area contributed by atoms with Crippen LogP contribution >= 0.6 is 0 Å². The van der Waals surface area contributed by atoms with E-state index in [1.807, 2.05) is 24.5 Å². The SMILES string of the molecule is CCCCCCCCc1cnc(-c2ccc(C3CCC(CCCC)CC3)c(F)c2)nc1. The molecular weight excluding hydrogens is 383 g/mol. The van der Waals surface area contributed by atoms with E-state index >= 15 is 0 Å². The Morgan fingerprint density at radius 3 is 2.19 bits per heavy atom. The number of hydrogen-bond donors (Lipinski definition) is 0. The van der Waals surface area contributed by atoms with Gasteiger partial charge in [-0.25, -0.2) is 14.4 Å². The molecule has 0 bridgehead atoms. The lowest BCUT2D eigenvalue weighted by molar-refractivity contribution is 0.301. The first kappa shape index (κ1) is 23.9. The first-order chi connectivity index (χ1) is 15.2. The van der Waals surface area contributed by atoms with E-state index in [4.69, 9.17) is 0 Å². The van der Waals surface area contributed by atoms with Crippen LogP contribution in [0, 0.1) is 11.7 Å². The maximum absolute atomic E-state index is 14.9. The van der Waals surface area contributed by atoms with E-state index in [0.29, 0.717) is 11.7 Å². The summed E-state index contributed by atoms with van der Waals surface area (Å²) in [5.41, 5.74) is 2.84. The number of nitrogens with zero attached hydrogens (tertiary/aromatic N) is 2. The van der Waals surface area contributed by atoms with Crippen LogP contribution in [0.2, 0.25) is 0 Å². The van der Waals surface area contributed by atoms with E-state index in [1.165, 1.54) is 76.2 Å². The predicted octanol–water partition coefficient (Wildman–Crippen LogP) is 8.65. The Labute approximate surface area is 189 Å². The Morgan fingerprint density at radius 2 is 1.52 bits per heavy atom. The molecule has 0 aliphatic heterocycles. The van der Waals surface area contributed by atoms with Crippen LogP contribution in [0.15, 0.2) is 30.6 Å². The highest BCUT2D eigenvalue weighted by atomic mass is 19.1. The molecule has 0 unspecified atom stereocenters. The van der Waals surface area contributed by atoms with Crippen LogP contribution in [0.3, 0.4) is 0 Å². The third kappa shape index (κ3) is 7.40. The van der Waals surface area contributed by atoms with Crippen LogP contribution in [0.25, 0.3) is 11.4 Å². The zero-order valence-corrected chi connectivity index (χ0v) is 19.7. The van der Waals surface area contributed by atoms with Crippen molar-refractivity contribution in [3.8, 4) is 11.4 Å². The molecule has 3 rings (SSSR count). The topological polar surface area (TPSA) is 25.8 Å². The minimum Gasteiger partial charge on any atom is -0.236 e. The van der Waals surface area contributed by atoms with Crippen LogP contribution in [-0.4, -0.2) is 9.97 Å². The van der Waals surface area contributed by atoms with Gasteiger partial charge in [-0.05, 0) is 67.6 Å². The van der Waals surface area contributed by atoms with Gasteiger partial charge in [0.05, 0.1) is 0 Å². The van der Waals surface area contributed by atoms with E-state index < -0.39 is 0 Å². The molecule has 0 amide bonds. The van der Waals surface area contributed by atoms with Gasteiger partial charge < -0.3 is 0 Å². The lowest BCUT2D eigenvalue weighted by Crippen LogP contribution is -2.14. The van der Waals surface area contributed by atoms with E-state index in [9.17, 15) is 4.39 Å². The van der Waals surface area contributed by atoms with Crippen LogP contribution in [0.1, 0.15) is 114 Å². The summed E-state index contributed by atoms with van der Waals surface area (Å²) in [5.74, 6) is 1.75. The molecule has 1 saturated carbocycles. The van der Waals surface area contributed by atoms with Crippen molar-refractivity contribution >= 4 is 0 Å². The van der Waals surface area contributed by atoms with Crippen molar-refractivity contribution in [1.82, 2.24) is 9.97 Å². The van der Waals surface area contributed by atoms with E-state index in [0.717, 1.165) is 36.3 Å². The number of rotatable bonds is 12. The Balaban J connectivity index is 1.51. The normalized spacial score (nSPS) is 18.9. The largest absolute Gasteiger partial charge is 0.236 e. The zero-order chi connectivity index (χ0) is 21.9. The lowest BCUT2D eigenvalue weighted by atomic mass is 9.77. The van der Waals surface area contributed by atoms with Crippen LogP contribution in [0.5, 0.6) is 0 Å². The Morgan fingerprint density at radius 1 is 0.839 bits per heavy atom. The molecule has 0 radical (unpaired) electrons. The fourth-order valence-corrected chi connectivity index (χ4v) is 4.99. The smallest absolute Gasteiger partial charge is 0.159 e. The molecule has 31 heavy (non-hydrogen) atoms. The summed E-state index contributed by atoms with van der Waals surface area (Å²) >= 11 is 0. The first-order valence-corrected chi connectivity index (χ1v) is 12.8. The minimum atomic E-state index is -0.0886. The number of aromatic nitrogens is 2. The molecule has 2 nitrogen and oxygen atoms in total. The monoisotopic (exact) mass is 424 g/mol. The summed E-state index contributed by atoms with van der Waals surface area (Å²) in [7, 11) is 0. The molecule has 0 spiro atoms. The zero-order valence-electron chi connectivity index (χ0n) is 19.7. The molecule has 1 aliphatic carbocycles. The van der Waals surface area contributed by atoms with Crippen molar-refractivity contribution in [3.05, 3.63) is 47.5 Å². The third-order valence-corrected chi connectivity index (χ3v) is 7.04. The molecule has 1 aromatic carbocycles. The second-order valence-corrected chi connectivity index (χ2v) is 9.53. The first-order valence-electron chi connectivity index (χ1n) is 12.8. The Hall–Kier alpha value is -1.77. The van der Waals surface area contributed by atoms with Gasteiger partial charge >= 0.3 is 0 Å². The van der Waals surface area contributed by atoms with Gasteiger partial charge in [0.2, 0.25) is 0 Å². The van der Waals surface area contributed by atoms with Crippen molar-refractivity contribution in [2.24, 2.45) is 5.92 Å². The van der Waals surface area contributed by atoms with Crippen molar-refractivity contribution in [2.75, 3.05) is 0 Å². The highest BCUT2D eigenvalue weighted by molar-refractivity contribution is 5.55. The maximum Gasteiger partial charge on any atom is 0.159 e. The molecule has 3 heteroatoms. The summed E-state index contributed by atoms with van der Waals surface area (Å²) < 4.78 is 14.9. The van der Waals surface area contributed by atoms with Crippen molar-refractivity contribution in [1.29, 1.82) is 0 Å². The van der Waals surface area contributed by atoms with Gasteiger partial charge in [-0.2, -0.15) is 0 Å². The van der Waals surface area contributed by atoms with Gasteiger partial charge in [0.15, 0.2) is 5.82 Å². The van der Waals surface area contributed by atoms with Gasteiger partial charge in [-0.1, -0.05) is 77.3 Å². The number of halogens is 1. The molecule has 170 valence electrons. The van der Waals surface area contributed by atoms with Gasteiger partial charge in [0, 0.05) is 18.0 Å². The van der Waals surface area contributed by atoms with E-state index in [1.54, 1.807) is 6.07 Å². The maximum atomic E-state index is 14.9. The highest BCUT2D eigenvalue weighted by Crippen LogP contribution is 2.39. The Bertz CT molecular complexity index is 763. The Kier molecular flexibility index (Phi) is 9.96. The highest BCUT2D eigenvalue weighted by Gasteiger charge is 2.24. The van der Waals surface area contributed by atoms with Crippen molar-refractivity contribution < 1.29 is 4.39 Å². The van der Waals surface area contributed by atoms with Crippen molar-refractivity contribution in [3.63, 3.8) is 0 Å². The van der Waals surface area contributed by atoms with Gasteiger partial charge in [-0.3, -0.25) is 0 Å². The quantitative estimate of drug-likeness (QED) is 0.319. The summed E-state index contributed by atoms with van der Waals surface area (Å²) in [4.78, 5) is 9.04. The summed E-state index contributed by atoms with van der Waals surface area (Å²) in [5, 5.41) is 0. The van der Waals surface area contributed by atoms with Crippen LogP contribution in [-0.2, 0) is 6.42 Å².